The fourth-order valence-corrected chi connectivity index (χ4v) is 3.74. The molecule has 10 nitrogen and oxygen atoms in total. The number of phenols is 1. The van der Waals surface area contributed by atoms with Gasteiger partial charge in [0.25, 0.3) is 0 Å². The number of nitrogens with one attached hydrogen (secondary N) is 3. The van der Waals surface area contributed by atoms with Crippen LogP contribution in [0, 0.1) is 0 Å². The molecule has 0 aliphatic carbocycles. The third kappa shape index (κ3) is 11.3. The van der Waals surface area contributed by atoms with Crippen LogP contribution in [-0.2, 0) is 25.6 Å². The average Bonchev–Trinajstić information content (AvgIpc) is 2.78. The predicted octanol–water partition coefficient (Wildman–Crippen LogP) is -0.0614. The zero-order valence-electron chi connectivity index (χ0n) is 18.7. The molecule has 0 saturated heterocycles. The van der Waals surface area contributed by atoms with Gasteiger partial charge < -0.3 is 31.9 Å². The van der Waals surface area contributed by atoms with Crippen LogP contribution in [0.5, 0.6) is 5.75 Å². The van der Waals surface area contributed by atoms with Gasteiger partial charge in [-0.15, -0.1) is 0 Å². The van der Waals surface area contributed by atoms with E-state index in [0.29, 0.717) is 17.9 Å². The quantitative estimate of drug-likeness (QED) is 0.193. The Labute approximate surface area is 201 Å². The summed E-state index contributed by atoms with van der Waals surface area (Å²) in [6, 6.07) is 3.40. The van der Waals surface area contributed by atoms with Gasteiger partial charge in [0.05, 0.1) is 12.6 Å². The van der Waals surface area contributed by atoms with Gasteiger partial charge in [0.1, 0.15) is 17.8 Å². The number of hydrogen-bond donors (Lipinski definition) is 6. The van der Waals surface area contributed by atoms with Crippen molar-refractivity contribution in [3.8, 4) is 5.75 Å². The van der Waals surface area contributed by atoms with Crippen molar-refractivity contribution in [2.24, 2.45) is 5.73 Å². The molecule has 0 fully saturated rings. The van der Waals surface area contributed by atoms with E-state index in [2.05, 4.69) is 16.0 Å². The Morgan fingerprint density at radius 3 is 2.06 bits per heavy atom. The molecule has 3 atom stereocenters. The first-order valence-corrected chi connectivity index (χ1v) is 13.1. The molecule has 0 spiro atoms. The third-order valence-corrected chi connectivity index (χ3v) is 5.93. The first kappa shape index (κ1) is 28.6. The Hall–Kier alpha value is -2.44. The summed E-state index contributed by atoms with van der Waals surface area (Å²) in [6.45, 7) is -0.375. The van der Waals surface area contributed by atoms with Gasteiger partial charge in [0.15, 0.2) is 0 Å². The number of rotatable bonds is 15. The van der Waals surface area contributed by atoms with Crippen LogP contribution < -0.4 is 21.7 Å². The minimum absolute atomic E-state index is 0.104. The molecule has 0 aliphatic heterocycles. The van der Waals surface area contributed by atoms with Crippen LogP contribution in [0.3, 0.4) is 0 Å². The SMILES string of the molecule is CSCCC(NC(=O)C(CCSC)NC(=O)CNC(=O)C(N)Cc1ccc(O)cc1)C(=O)O. The van der Waals surface area contributed by atoms with Crippen LogP contribution in [0.2, 0.25) is 0 Å². The summed E-state index contributed by atoms with van der Waals surface area (Å²) in [5.74, 6) is -1.60. The van der Waals surface area contributed by atoms with Crippen molar-refractivity contribution in [2.75, 3.05) is 30.6 Å². The Balaban J connectivity index is 2.60. The fraction of sp³-hybridized carbons (Fsp3) is 0.524. The maximum absolute atomic E-state index is 12.6. The Morgan fingerprint density at radius 2 is 1.52 bits per heavy atom. The molecule has 7 N–H and O–H groups in total. The molecular weight excluding hydrogens is 468 g/mol. The summed E-state index contributed by atoms with van der Waals surface area (Å²) in [6.07, 6.45) is 4.49. The van der Waals surface area contributed by atoms with Crippen molar-refractivity contribution in [3.05, 3.63) is 29.8 Å². The van der Waals surface area contributed by atoms with Gasteiger partial charge in [0.2, 0.25) is 17.7 Å². The van der Waals surface area contributed by atoms with Gasteiger partial charge in [-0.1, -0.05) is 12.1 Å². The molecule has 184 valence electrons. The van der Waals surface area contributed by atoms with Gasteiger partial charge in [-0.05, 0) is 61.0 Å². The van der Waals surface area contributed by atoms with Crippen LogP contribution in [0.25, 0.3) is 0 Å². The zero-order valence-corrected chi connectivity index (χ0v) is 20.3. The van der Waals surface area contributed by atoms with Crippen molar-refractivity contribution < 1.29 is 29.4 Å². The average molecular weight is 501 g/mol. The molecule has 3 unspecified atom stereocenters. The molecule has 33 heavy (non-hydrogen) atoms. The third-order valence-electron chi connectivity index (χ3n) is 4.64. The van der Waals surface area contributed by atoms with Gasteiger partial charge in [-0.2, -0.15) is 23.5 Å². The zero-order chi connectivity index (χ0) is 24.8. The van der Waals surface area contributed by atoms with E-state index >= 15 is 0 Å². The van der Waals surface area contributed by atoms with Crippen LogP contribution in [0.4, 0.5) is 0 Å². The first-order valence-electron chi connectivity index (χ1n) is 10.3. The summed E-state index contributed by atoms with van der Waals surface area (Å²) in [4.78, 5) is 48.6. The van der Waals surface area contributed by atoms with Gasteiger partial charge in [-0.25, -0.2) is 4.79 Å². The Bertz CT molecular complexity index is 793. The topological polar surface area (TPSA) is 171 Å². The van der Waals surface area contributed by atoms with Crippen LogP contribution in [0.1, 0.15) is 18.4 Å². The lowest BCUT2D eigenvalue weighted by molar-refractivity contribution is -0.142. The summed E-state index contributed by atoms with van der Waals surface area (Å²) < 4.78 is 0. The second-order valence-corrected chi connectivity index (χ2v) is 9.25. The standard InChI is InChI=1S/C21H32N4O6S2/c1-32-9-7-16(20(29)25-17(21(30)31)8-10-33-2)24-18(27)12-23-19(28)15(22)11-13-3-5-14(26)6-4-13/h3-6,15-17,26H,7-12,22H2,1-2H3,(H,23,28)(H,24,27)(H,25,29)(H,30,31). The van der Waals surface area contributed by atoms with Crippen molar-refractivity contribution in [3.63, 3.8) is 0 Å². The predicted molar refractivity (Wildman–Crippen MR) is 130 cm³/mol. The van der Waals surface area contributed by atoms with E-state index < -0.39 is 41.8 Å². The van der Waals surface area contributed by atoms with Crippen molar-refractivity contribution >= 4 is 47.2 Å². The van der Waals surface area contributed by atoms with Crippen LogP contribution in [0.15, 0.2) is 24.3 Å². The molecule has 0 saturated carbocycles. The molecule has 0 aliphatic rings. The van der Waals surface area contributed by atoms with E-state index in [9.17, 15) is 29.4 Å². The van der Waals surface area contributed by atoms with E-state index in [1.165, 1.54) is 35.7 Å². The lowest BCUT2D eigenvalue weighted by atomic mass is 10.1. The van der Waals surface area contributed by atoms with Gasteiger partial charge >= 0.3 is 5.97 Å². The Kier molecular flexibility index (Phi) is 13.3. The highest BCUT2D eigenvalue weighted by molar-refractivity contribution is 7.98. The fourth-order valence-electron chi connectivity index (χ4n) is 2.79. The number of benzene rings is 1. The summed E-state index contributed by atoms with van der Waals surface area (Å²) in [5, 5.41) is 26.1. The number of amides is 3. The molecule has 3 amide bonds. The molecule has 0 radical (unpaired) electrons. The lowest BCUT2D eigenvalue weighted by Crippen LogP contribution is -2.54. The number of hydrogen-bond acceptors (Lipinski definition) is 8. The molecular formula is C21H32N4O6S2. The van der Waals surface area contributed by atoms with E-state index in [-0.39, 0.29) is 25.1 Å². The molecule has 1 rings (SSSR count). The van der Waals surface area contributed by atoms with Gasteiger partial charge in [-0.3, -0.25) is 14.4 Å². The molecule has 0 bridgehead atoms. The number of carbonyl (C=O) groups is 4. The minimum atomic E-state index is -1.14. The number of aromatic hydroxyl groups is 1. The van der Waals surface area contributed by atoms with Gasteiger partial charge in [0, 0.05) is 0 Å². The van der Waals surface area contributed by atoms with E-state index in [1.807, 2.05) is 12.5 Å². The largest absolute Gasteiger partial charge is 0.508 e. The smallest absolute Gasteiger partial charge is 0.326 e. The Morgan fingerprint density at radius 1 is 0.939 bits per heavy atom. The molecule has 12 heteroatoms. The summed E-state index contributed by atoms with van der Waals surface area (Å²) in [7, 11) is 0. The number of carboxylic acids is 1. The second-order valence-electron chi connectivity index (χ2n) is 7.28. The molecule has 0 heterocycles. The van der Waals surface area contributed by atoms with Crippen LogP contribution in [-0.4, -0.2) is 82.6 Å². The molecule has 0 aromatic heterocycles. The maximum atomic E-state index is 12.6. The van der Waals surface area contributed by atoms with Crippen molar-refractivity contribution in [1.29, 1.82) is 0 Å². The minimum Gasteiger partial charge on any atom is -0.508 e. The lowest BCUT2D eigenvalue weighted by Gasteiger charge is -2.21. The monoisotopic (exact) mass is 500 g/mol. The summed E-state index contributed by atoms with van der Waals surface area (Å²) in [5.41, 5.74) is 6.63. The number of nitrogens with two attached hydrogens (primary N) is 1. The first-order chi connectivity index (χ1) is 15.7. The number of carbonyl (C=O) groups excluding carboxylic acids is 3. The number of phenolic OH excluding ortho intramolecular Hbond substituents is 1. The highest BCUT2D eigenvalue weighted by Gasteiger charge is 2.26. The van der Waals surface area contributed by atoms with Crippen LogP contribution >= 0.6 is 23.5 Å². The second kappa shape index (κ2) is 15.4. The van der Waals surface area contributed by atoms with E-state index in [0.717, 1.165) is 5.56 Å². The number of aliphatic carboxylic acids is 1. The maximum Gasteiger partial charge on any atom is 0.326 e. The van der Waals surface area contributed by atoms with Crippen molar-refractivity contribution in [2.45, 2.75) is 37.4 Å². The summed E-state index contributed by atoms with van der Waals surface area (Å²) >= 11 is 2.96. The van der Waals surface area contributed by atoms with E-state index in [4.69, 9.17) is 5.73 Å². The molecule has 1 aromatic carbocycles. The highest BCUT2D eigenvalue weighted by atomic mass is 32.2. The molecule has 1 aromatic rings. The normalized spacial score (nSPS) is 13.4. The van der Waals surface area contributed by atoms with Crippen molar-refractivity contribution in [1.82, 2.24) is 16.0 Å². The number of thioether (sulfide) groups is 2. The highest BCUT2D eigenvalue weighted by Crippen LogP contribution is 2.11. The number of carboxylic acid groups (broad SMARTS) is 1. The van der Waals surface area contributed by atoms with E-state index in [1.54, 1.807) is 12.1 Å².